The molecule has 1 aromatic carbocycles. The minimum absolute atomic E-state index is 0.272. The van der Waals surface area contributed by atoms with Crippen LogP contribution in [0, 0.1) is 0 Å². The van der Waals surface area contributed by atoms with E-state index >= 15 is 0 Å². The number of nitrogens with one attached hydrogen (secondary N) is 1. The van der Waals surface area contributed by atoms with Crippen LogP contribution >= 0.6 is 34.8 Å². The number of rotatable bonds is 1. The zero-order valence-electron chi connectivity index (χ0n) is 10.7. The zero-order chi connectivity index (χ0) is 13.5. The summed E-state index contributed by atoms with van der Waals surface area (Å²) in [7, 11) is 0. The Bertz CT molecular complexity index is 484. The van der Waals surface area contributed by atoms with Gasteiger partial charge in [0.05, 0.1) is 20.8 Å². The van der Waals surface area contributed by atoms with Crippen molar-refractivity contribution >= 4 is 40.5 Å². The van der Waals surface area contributed by atoms with E-state index < -0.39 is 0 Å². The third-order valence-electron chi connectivity index (χ3n) is 4.27. The number of anilines is 1. The van der Waals surface area contributed by atoms with E-state index in [0.29, 0.717) is 15.1 Å². The van der Waals surface area contributed by atoms with E-state index in [1.807, 2.05) is 6.07 Å². The number of halogens is 3. The van der Waals surface area contributed by atoms with Gasteiger partial charge in [0.15, 0.2) is 0 Å². The quantitative estimate of drug-likeness (QED) is 0.773. The summed E-state index contributed by atoms with van der Waals surface area (Å²) in [6, 6.07) is 3.63. The lowest BCUT2D eigenvalue weighted by Gasteiger charge is -2.43. The topological polar surface area (TPSA) is 15.3 Å². The second kappa shape index (κ2) is 5.33. The molecule has 1 aliphatic heterocycles. The van der Waals surface area contributed by atoms with Crippen LogP contribution in [-0.2, 0) is 0 Å². The predicted octanol–water partition coefficient (Wildman–Crippen LogP) is 4.37. The van der Waals surface area contributed by atoms with Gasteiger partial charge in [-0.25, -0.2) is 0 Å². The van der Waals surface area contributed by atoms with E-state index in [9.17, 15) is 0 Å². The van der Waals surface area contributed by atoms with E-state index in [-0.39, 0.29) is 5.54 Å². The summed E-state index contributed by atoms with van der Waals surface area (Å²) in [5.41, 5.74) is 1.28. The molecule has 2 nitrogen and oxygen atoms in total. The summed E-state index contributed by atoms with van der Waals surface area (Å²) < 4.78 is 0. The molecule has 104 valence electrons. The molecule has 0 bridgehead atoms. The zero-order valence-corrected chi connectivity index (χ0v) is 13.0. The second-order valence-electron chi connectivity index (χ2n) is 5.55. The minimum Gasteiger partial charge on any atom is -0.367 e. The highest BCUT2D eigenvalue weighted by atomic mass is 35.5. The van der Waals surface area contributed by atoms with Crippen molar-refractivity contribution in [2.24, 2.45) is 0 Å². The van der Waals surface area contributed by atoms with Gasteiger partial charge in [-0.15, -0.1) is 0 Å². The highest BCUT2D eigenvalue weighted by Gasteiger charge is 2.38. The molecule has 1 aromatic rings. The summed E-state index contributed by atoms with van der Waals surface area (Å²) in [6.45, 7) is 2.96. The molecule has 3 rings (SSSR count). The van der Waals surface area contributed by atoms with Crippen molar-refractivity contribution in [1.29, 1.82) is 0 Å². The van der Waals surface area contributed by atoms with Crippen LogP contribution in [0.1, 0.15) is 25.7 Å². The standard InChI is InChI=1S/C14H17Cl3N2/c15-10-7-12(17)13(8-11(10)16)19-6-5-18-14(9-19)3-1-2-4-14/h7-8,18H,1-6,9H2. The molecule has 2 aliphatic rings. The minimum atomic E-state index is 0.272. The molecule has 0 radical (unpaired) electrons. The van der Waals surface area contributed by atoms with Crippen molar-refractivity contribution in [2.45, 2.75) is 31.2 Å². The van der Waals surface area contributed by atoms with Crippen LogP contribution < -0.4 is 10.2 Å². The third-order valence-corrected chi connectivity index (χ3v) is 5.29. The van der Waals surface area contributed by atoms with Crippen molar-refractivity contribution in [3.8, 4) is 0 Å². The maximum Gasteiger partial charge on any atom is 0.0655 e. The van der Waals surface area contributed by atoms with Crippen LogP contribution in [0.3, 0.4) is 0 Å². The van der Waals surface area contributed by atoms with Crippen LogP contribution in [0.2, 0.25) is 15.1 Å². The molecule has 19 heavy (non-hydrogen) atoms. The molecule has 2 fully saturated rings. The molecule has 1 saturated heterocycles. The van der Waals surface area contributed by atoms with Gasteiger partial charge in [0.1, 0.15) is 0 Å². The van der Waals surface area contributed by atoms with Crippen molar-refractivity contribution < 1.29 is 0 Å². The smallest absolute Gasteiger partial charge is 0.0655 e. The number of nitrogens with zero attached hydrogens (tertiary/aromatic N) is 1. The van der Waals surface area contributed by atoms with Crippen LogP contribution in [0.25, 0.3) is 0 Å². The maximum atomic E-state index is 6.32. The maximum absolute atomic E-state index is 6.32. The van der Waals surface area contributed by atoms with Gasteiger partial charge >= 0.3 is 0 Å². The Hall–Kier alpha value is -0.150. The lowest BCUT2D eigenvalue weighted by atomic mass is 9.94. The number of benzene rings is 1. The van der Waals surface area contributed by atoms with Gasteiger partial charge in [0, 0.05) is 25.2 Å². The summed E-state index contributed by atoms with van der Waals surface area (Å²) in [4.78, 5) is 2.34. The van der Waals surface area contributed by atoms with Crippen molar-refractivity contribution in [1.82, 2.24) is 5.32 Å². The fraction of sp³-hybridized carbons (Fsp3) is 0.571. The number of piperazine rings is 1. The molecule has 1 spiro atoms. The van der Waals surface area contributed by atoms with Gasteiger partial charge in [-0.2, -0.15) is 0 Å². The SMILES string of the molecule is Clc1cc(Cl)c(N2CCNC3(CCCC3)C2)cc1Cl. The predicted molar refractivity (Wildman–Crippen MR) is 82.9 cm³/mol. The lowest BCUT2D eigenvalue weighted by Crippen LogP contribution is -2.59. The molecular formula is C14H17Cl3N2. The summed E-state index contributed by atoms with van der Waals surface area (Å²) >= 11 is 18.4. The average Bonchev–Trinajstić information content (AvgIpc) is 2.82. The first kappa shape index (κ1) is 13.8. The molecule has 1 heterocycles. The van der Waals surface area contributed by atoms with E-state index in [4.69, 9.17) is 34.8 Å². The van der Waals surface area contributed by atoms with Crippen LogP contribution in [0.5, 0.6) is 0 Å². The third kappa shape index (κ3) is 2.69. The number of hydrogen-bond acceptors (Lipinski definition) is 2. The van der Waals surface area contributed by atoms with Gasteiger partial charge in [-0.1, -0.05) is 47.6 Å². The summed E-state index contributed by atoms with van der Waals surface area (Å²) in [5.74, 6) is 0. The Morgan fingerprint density at radius 2 is 1.68 bits per heavy atom. The van der Waals surface area contributed by atoms with Crippen molar-refractivity contribution in [3.05, 3.63) is 27.2 Å². The van der Waals surface area contributed by atoms with Gasteiger partial charge in [-0.05, 0) is 25.0 Å². The molecular weight excluding hydrogens is 303 g/mol. The molecule has 0 aromatic heterocycles. The normalized spacial score (nSPS) is 22.2. The Morgan fingerprint density at radius 1 is 1.00 bits per heavy atom. The second-order valence-corrected chi connectivity index (χ2v) is 6.78. The largest absolute Gasteiger partial charge is 0.367 e. The van der Waals surface area contributed by atoms with Crippen LogP contribution in [0.15, 0.2) is 12.1 Å². The Morgan fingerprint density at radius 3 is 2.42 bits per heavy atom. The molecule has 5 heteroatoms. The van der Waals surface area contributed by atoms with Crippen molar-refractivity contribution in [2.75, 3.05) is 24.5 Å². The summed E-state index contributed by atoms with van der Waals surface area (Å²) in [5, 5.41) is 5.46. The van der Waals surface area contributed by atoms with Gasteiger partial charge in [0.2, 0.25) is 0 Å². The first-order valence-electron chi connectivity index (χ1n) is 6.74. The molecule has 0 unspecified atom stereocenters. The Balaban J connectivity index is 1.87. The molecule has 0 amide bonds. The van der Waals surface area contributed by atoms with E-state index in [1.54, 1.807) is 6.07 Å². The average molecular weight is 320 g/mol. The van der Waals surface area contributed by atoms with E-state index in [0.717, 1.165) is 25.3 Å². The lowest BCUT2D eigenvalue weighted by molar-refractivity contribution is 0.304. The Labute approximate surface area is 129 Å². The van der Waals surface area contributed by atoms with Gasteiger partial charge in [0.25, 0.3) is 0 Å². The fourth-order valence-corrected chi connectivity index (χ4v) is 3.96. The molecule has 0 atom stereocenters. The monoisotopic (exact) mass is 318 g/mol. The highest BCUT2D eigenvalue weighted by molar-refractivity contribution is 6.44. The number of hydrogen-bond donors (Lipinski definition) is 1. The Kier molecular flexibility index (Phi) is 3.87. The highest BCUT2D eigenvalue weighted by Crippen LogP contribution is 2.38. The van der Waals surface area contributed by atoms with Crippen molar-refractivity contribution in [3.63, 3.8) is 0 Å². The summed E-state index contributed by atoms with van der Waals surface area (Å²) in [6.07, 6.45) is 5.14. The fourth-order valence-electron chi connectivity index (χ4n) is 3.30. The van der Waals surface area contributed by atoms with Gasteiger partial charge in [-0.3, -0.25) is 0 Å². The first-order valence-corrected chi connectivity index (χ1v) is 7.88. The first-order chi connectivity index (χ1) is 9.10. The van der Waals surface area contributed by atoms with E-state index in [2.05, 4.69) is 10.2 Å². The van der Waals surface area contributed by atoms with Crippen LogP contribution in [-0.4, -0.2) is 25.2 Å². The van der Waals surface area contributed by atoms with E-state index in [1.165, 1.54) is 25.7 Å². The molecule has 1 aliphatic carbocycles. The van der Waals surface area contributed by atoms with Gasteiger partial charge < -0.3 is 10.2 Å². The molecule has 1 saturated carbocycles. The van der Waals surface area contributed by atoms with Crippen LogP contribution in [0.4, 0.5) is 5.69 Å². The molecule has 1 N–H and O–H groups in total.